The van der Waals surface area contributed by atoms with Gasteiger partial charge in [0.05, 0.1) is 33.5 Å². The molecule has 4 heterocycles. The monoisotopic (exact) mass is 820 g/mol. The molecule has 0 aliphatic heterocycles. The van der Waals surface area contributed by atoms with Crippen molar-refractivity contribution in [3.05, 3.63) is 218 Å². The molecule has 0 atom stereocenters. The Balaban J connectivity index is 0.946. The summed E-state index contributed by atoms with van der Waals surface area (Å²) in [5.74, 6) is 0.642. The summed E-state index contributed by atoms with van der Waals surface area (Å²) < 4.78 is 7.30. The minimum absolute atomic E-state index is 0.642. The van der Waals surface area contributed by atoms with Gasteiger partial charge in [0, 0.05) is 58.5 Å². The lowest BCUT2D eigenvalue weighted by Gasteiger charge is -2.12. The zero-order valence-electron chi connectivity index (χ0n) is 34.0. The molecule has 0 spiro atoms. The molecule has 0 saturated carbocycles. The Morgan fingerprint density at radius 1 is 0.317 bits per heavy atom. The second kappa shape index (κ2) is 14.2. The molecule has 13 aromatic rings. The molecular weight excluding hydrogens is 785 g/mol. The first-order valence-corrected chi connectivity index (χ1v) is 22.1. The largest absolute Gasteiger partial charge is 0.309 e. The predicted octanol–water partition coefficient (Wildman–Crippen LogP) is 15.7. The minimum Gasteiger partial charge on any atom is -0.309 e. The van der Waals surface area contributed by atoms with Crippen LogP contribution < -0.4 is 0 Å². The van der Waals surface area contributed by atoms with E-state index in [-0.39, 0.29) is 0 Å². The summed E-state index contributed by atoms with van der Waals surface area (Å²) in [5, 5.41) is 7.41. The molecule has 294 valence electrons. The van der Waals surface area contributed by atoms with Gasteiger partial charge in [0.2, 0.25) is 5.95 Å². The van der Waals surface area contributed by atoms with Gasteiger partial charge < -0.3 is 4.57 Å². The fourth-order valence-corrected chi connectivity index (χ4v) is 10.8. The van der Waals surface area contributed by atoms with Crippen molar-refractivity contribution in [1.29, 1.82) is 0 Å². The van der Waals surface area contributed by atoms with E-state index < -0.39 is 0 Å². The molecule has 63 heavy (non-hydrogen) atoms. The Morgan fingerprint density at radius 3 is 1.59 bits per heavy atom. The molecule has 13 rings (SSSR count). The van der Waals surface area contributed by atoms with E-state index in [1.807, 2.05) is 23.5 Å². The van der Waals surface area contributed by atoms with Crippen molar-refractivity contribution in [2.24, 2.45) is 0 Å². The first kappa shape index (κ1) is 35.6. The van der Waals surface area contributed by atoms with Gasteiger partial charge in [-0.1, -0.05) is 164 Å². The smallest absolute Gasteiger partial charge is 0.235 e. The maximum atomic E-state index is 5.28. The molecule has 4 nitrogen and oxygen atoms in total. The number of benzene rings is 9. The third-order valence-electron chi connectivity index (χ3n) is 12.6. The Kier molecular flexibility index (Phi) is 8.05. The second-order valence-corrected chi connectivity index (χ2v) is 17.2. The fraction of sp³-hybridized carbons (Fsp3) is 0. The SMILES string of the molecule is c1ccc(-c2cc(-c3ccccc3)nc(-n3c4ccccc4c4ccc(-c5ccc6c(c5)c5ccccc5n6-c5ccc(-c6cccc7c6sc6ccccc67)cc5)cc43)n2)cc1. The van der Waals surface area contributed by atoms with Crippen molar-refractivity contribution in [3.63, 3.8) is 0 Å². The highest BCUT2D eigenvalue weighted by molar-refractivity contribution is 7.26. The summed E-state index contributed by atoms with van der Waals surface area (Å²) in [6.45, 7) is 0. The van der Waals surface area contributed by atoms with Crippen LogP contribution in [0.3, 0.4) is 0 Å². The summed E-state index contributed by atoms with van der Waals surface area (Å²) in [6, 6.07) is 78.5. The lowest BCUT2D eigenvalue weighted by atomic mass is 10.0. The van der Waals surface area contributed by atoms with Crippen molar-refractivity contribution in [2.45, 2.75) is 0 Å². The average molecular weight is 821 g/mol. The molecule has 0 saturated heterocycles. The van der Waals surface area contributed by atoms with E-state index in [0.29, 0.717) is 5.95 Å². The van der Waals surface area contributed by atoms with E-state index in [1.54, 1.807) is 0 Å². The van der Waals surface area contributed by atoms with Crippen molar-refractivity contribution in [1.82, 2.24) is 19.1 Å². The second-order valence-electron chi connectivity index (χ2n) is 16.2. The summed E-state index contributed by atoms with van der Waals surface area (Å²) in [6.07, 6.45) is 0. The van der Waals surface area contributed by atoms with Gasteiger partial charge in [-0.2, -0.15) is 0 Å². The van der Waals surface area contributed by atoms with Crippen LogP contribution >= 0.6 is 11.3 Å². The van der Waals surface area contributed by atoms with Crippen LogP contribution in [0.4, 0.5) is 0 Å². The first-order chi connectivity index (χ1) is 31.2. The maximum Gasteiger partial charge on any atom is 0.235 e. The fourth-order valence-electron chi connectivity index (χ4n) is 9.61. The molecule has 0 fully saturated rings. The molecule has 0 amide bonds. The van der Waals surface area contributed by atoms with Gasteiger partial charge in [-0.25, -0.2) is 9.97 Å². The Labute approximate surface area is 367 Å². The van der Waals surface area contributed by atoms with Crippen LogP contribution in [0.15, 0.2) is 218 Å². The summed E-state index contributed by atoms with van der Waals surface area (Å²) in [7, 11) is 0. The summed E-state index contributed by atoms with van der Waals surface area (Å²) in [4.78, 5) is 10.6. The number of hydrogen-bond donors (Lipinski definition) is 0. The van der Waals surface area contributed by atoms with Gasteiger partial charge in [-0.05, 0) is 76.9 Å². The van der Waals surface area contributed by atoms with Gasteiger partial charge in [-0.3, -0.25) is 4.57 Å². The molecule has 5 heteroatoms. The number of fused-ring (bicyclic) bond motifs is 9. The Hall–Kier alpha value is -8.12. The van der Waals surface area contributed by atoms with Crippen molar-refractivity contribution < 1.29 is 0 Å². The van der Waals surface area contributed by atoms with Crippen LogP contribution in [0.5, 0.6) is 0 Å². The molecule has 0 aliphatic carbocycles. The van der Waals surface area contributed by atoms with E-state index in [4.69, 9.17) is 9.97 Å². The summed E-state index contributed by atoms with van der Waals surface area (Å²) in [5.41, 5.74) is 14.3. The normalized spacial score (nSPS) is 11.8. The van der Waals surface area contributed by atoms with E-state index in [0.717, 1.165) is 55.7 Å². The molecule has 0 bridgehead atoms. The van der Waals surface area contributed by atoms with Crippen molar-refractivity contribution in [3.8, 4) is 56.4 Å². The molecule has 0 aliphatic rings. The van der Waals surface area contributed by atoms with Gasteiger partial charge in [0.25, 0.3) is 0 Å². The average Bonchev–Trinajstić information content (AvgIpc) is 4.02. The molecular formula is C58H36N4S. The number of rotatable bonds is 6. The number of thiophene rings is 1. The Morgan fingerprint density at radius 2 is 0.857 bits per heavy atom. The molecule has 0 unspecified atom stereocenters. The number of para-hydroxylation sites is 2. The zero-order chi connectivity index (χ0) is 41.4. The molecule has 4 aromatic heterocycles. The van der Waals surface area contributed by atoms with Gasteiger partial charge in [0.1, 0.15) is 0 Å². The first-order valence-electron chi connectivity index (χ1n) is 21.3. The summed E-state index contributed by atoms with van der Waals surface area (Å²) >= 11 is 1.88. The van der Waals surface area contributed by atoms with E-state index >= 15 is 0 Å². The van der Waals surface area contributed by atoms with Crippen LogP contribution in [0.1, 0.15) is 0 Å². The standard InChI is InChI=1S/C58H36N4S/c1-3-14-38(15-4-1)50-36-51(39-16-5-2-6-17-39)60-58(59-50)62-53-24-11-7-18-44(53)46-32-28-41(35-55(46)62)40-29-33-54-49(34-40)45-19-8-10-23-52(45)61(54)42-30-26-37(27-31-42)43-21-13-22-48-47-20-9-12-25-56(47)63-57(43)48/h1-36H. The lowest BCUT2D eigenvalue weighted by Crippen LogP contribution is -2.04. The molecule has 0 radical (unpaired) electrons. The quantitative estimate of drug-likeness (QED) is 0.167. The van der Waals surface area contributed by atoms with Crippen LogP contribution in [0.25, 0.3) is 120 Å². The van der Waals surface area contributed by atoms with Crippen LogP contribution in [0, 0.1) is 0 Å². The van der Waals surface area contributed by atoms with Gasteiger partial charge >= 0.3 is 0 Å². The third-order valence-corrected chi connectivity index (χ3v) is 13.8. The van der Waals surface area contributed by atoms with Crippen LogP contribution in [-0.4, -0.2) is 19.1 Å². The highest BCUT2D eigenvalue weighted by Crippen LogP contribution is 2.42. The lowest BCUT2D eigenvalue weighted by molar-refractivity contribution is 0.996. The van der Waals surface area contributed by atoms with Crippen molar-refractivity contribution >= 4 is 75.1 Å². The number of hydrogen-bond acceptors (Lipinski definition) is 3. The Bertz CT molecular complexity index is 3840. The van der Waals surface area contributed by atoms with E-state index in [1.165, 1.54) is 58.5 Å². The van der Waals surface area contributed by atoms with E-state index in [2.05, 4.69) is 215 Å². The van der Waals surface area contributed by atoms with Crippen LogP contribution in [0.2, 0.25) is 0 Å². The zero-order valence-corrected chi connectivity index (χ0v) is 34.8. The van der Waals surface area contributed by atoms with Crippen molar-refractivity contribution in [2.75, 3.05) is 0 Å². The van der Waals surface area contributed by atoms with Crippen LogP contribution in [-0.2, 0) is 0 Å². The third kappa shape index (κ3) is 5.74. The number of nitrogens with zero attached hydrogens (tertiary/aromatic N) is 4. The predicted molar refractivity (Wildman–Crippen MR) is 265 cm³/mol. The minimum atomic E-state index is 0.642. The van der Waals surface area contributed by atoms with Gasteiger partial charge in [-0.15, -0.1) is 11.3 Å². The van der Waals surface area contributed by atoms with E-state index in [9.17, 15) is 0 Å². The van der Waals surface area contributed by atoms with Gasteiger partial charge in [0.15, 0.2) is 0 Å². The number of aromatic nitrogens is 4. The molecule has 9 aromatic carbocycles. The molecule has 0 N–H and O–H groups in total. The highest BCUT2D eigenvalue weighted by Gasteiger charge is 2.19. The maximum absolute atomic E-state index is 5.28. The topological polar surface area (TPSA) is 35.6 Å². The highest BCUT2D eigenvalue weighted by atomic mass is 32.1.